The number of likely N-dealkylation sites (N-methyl/N-ethyl adjacent to an activating group) is 1. The Morgan fingerprint density at radius 2 is 2.13 bits per heavy atom. The standard InChI is InChI=1S/C16H21FN4OS/c1-3-20-6-8-21(9-7-20)11(2)15(22)19-16-18-13-5-4-12(17)10-14(13)23-16/h4-5,10-11H,3,6-9H2,1-2H3,(H,18,19,22). The van der Waals surface area contributed by atoms with Gasteiger partial charge in [-0.3, -0.25) is 9.69 Å². The first-order valence-electron chi connectivity index (χ1n) is 7.90. The highest BCUT2D eigenvalue weighted by Crippen LogP contribution is 2.26. The van der Waals surface area contributed by atoms with E-state index in [2.05, 4.69) is 27.0 Å². The van der Waals surface area contributed by atoms with Gasteiger partial charge >= 0.3 is 0 Å². The fourth-order valence-corrected chi connectivity index (χ4v) is 3.69. The molecule has 1 aromatic carbocycles. The van der Waals surface area contributed by atoms with Crippen molar-refractivity contribution in [1.82, 2.24) is 14.8 Å². The van der Waals surface area contributed by atoms with E-state index in [-0.39, 0.29) is 17.8 Å². The zero-order valence-electron chi connectivity index (χ0n) is 13.4. The predicted molar refractivity (Wildman–Crippen MR) is 91.4 cm³/mol. The highest BCUT2D eigenvalue weighted by Gasteiger charge is 2.25. The summed E-state index contributed by atoms with van der Waals surface area (Å²) in [5.74, 6) is -0.351. The van der Waals surface area contributed by atoms with Gasteiger partial charge in [0, 0.05) is 26.2 Å². The van der Waals surface area contributed by atoms with Crippen molar-refractivity contribution >= 4 is 32.6 Å². The summed E-state index contributed by atoms with van der Waals surface area (Å²) in [6, 6.07) is 4.25. The lowest BCUT2D eigenvalue weighted by atomic mass is 10.2. The van der Waals surface area contributed by atoms with E-state index in [9.17, 15) is 9.18 Å². The number of piperazine rings is 1. The van der Waals surface area contributed by atoms with Crippen LogP contribution >= 0.6 is 11.3 Å². The number of benzene rings is 1. The Kier molecular flexibility index (Phi) is 4.89. The summed E-state index contributed by atoms with van der Waals surface area (Å²) in [4.78, 5) is 21.3. The average molecular weight is 336 g/mol. The van der Waals surface area contributed by atoms with Crippen LogP contribution in [-0.4, -0.2) is 59.5 Å². The second kappa shape index (κ2) is 6.90. The van der Waals surface area contributed by atoms with E-state index < -0.39 is 0 Å². The highest BCUT2D eigenvalue weighted by atomic mass is 32.1. The molecule has 1 N–H and O–H groups in total. The molecule has 1 fully saturated rings. The molecule has 2 aromatic rings. The van der Waals surface area contributed by atoms with Gasteiger partial charge in [-0.05, 0) is 31.7 Å². The molecule has 0 spiro atoms. The maximum atomic E-state index is 13.2. The first kappa shape index (κ1) is 16.3. The van der Waals surface area contributed by atoms with E-state index in [0.717, 1.165) is 37.4 Å². The second-order valence-electron chi connectivity index (χ2n) is 5.77. The summed E-state index contributed by atoms with van der Waals surface area (Å²) in [7, 11) is 0. The molecule has 1 aliphatic rings. The summed E-state index contributed by atoms with van der Waals surface area (Å²) < 4.78 is 14.0. The predicted octanol–water partition coefficient (Wildman–Crippen LogP) is 2.40. The van der Waals surface area contributed by atoms with Crippen LogP contribution in [0.1, 0.15) is 13.8 Å². The van der Waals surface area contributed by atoms with Crippen molar-refractivity contribution in [2.75, 3.05) is 38.0 Å². The lowest BCUT2D eigenvalue weighted by Crippen LogP contribution is -2.52. The van der Waals surface area contributed by atoms with Crippen LogP contribution in [0.15, 0.2) is 18.2 Å². The third-order valence-corrected chi connectivity index (χ3v) is 5.30. The zero-order chi connectivity index (χ0) is 16.4. The Bertz CT molecular complexity index is 696. The van der Waals surface area contributed by atoms with Gasteiger partial charge in [0.25, 0.3) is 0 Å². The summed E-state index contributed by atoms with van der Waals surface area (Å²) in [5.41, 5.74) is 0.705. The van der Waals surface area contributed by atoms with Gasteiger partial charge in [0.15, 0.2) is 5.13 Å². The van der Waals surface area contributed by atoms with Gasteiger partial charge in [-0.2, -0.15) is 0 Å². The first-order chi connectivity index (χ1) is 11.1. The zero-order valence-corrected chi connectivity index (χ0v) is 14.2. The number of hydrogen-bond donors (Lipinski definition) is 1. The van der Waals surface area contributed by atoms with E-state index in [4.69, 9.17) is 0 Å². The smallest absolute Gasteiger partial charge is 0.243 e. The van der Waals surface area contributed by atoms with Gasteiger partial charge in [-0.1, -0.05) is 18.3 Å². The lowest BCUT2D eigenvalue weighted by Gasteiger charge is -2.36. The summed E-state index contributed by atoms with van der Waals surface area (Å²) >= 11 is 1.30. The number of carbonyl (C=O) groups excluding carboxylic acids is 1. The highest BCUT2D eigenvalue weighted by molar-refractivity contribution is 7.22. The van der Waals surface area contributed by atoms with E-state index in [1.807, 2.05) is 6.92 Å². The van der Waals surface area contributed by atoms with Crippen LogP contribution < -0.4 is 5.32 Å². The van der Waals surface area contributed by atoms with Crippen LogP contribution in [0, 0.1) is 5.82 Å². The quantitative estimate of drug-likeness (QED) is 0.931. The summed E-state index contributed by atoms with van der Waals surface area (Å²) in [6.45, 7) is 8.91. The summed E-state index contributed by atoms with van der Waals surface area (Å²) in [5, 5.41) is 3.39. The molecule has 124 valence electrons. The van der Waals surface area contributed by atoms with Crippen molar-refractivity contribution in [2.45, 2.75) is 19.9 Å². The average Bonchev–Trinajstić information content (AvgIpc) is 2.95. The van der Waals surface area contributed by atoms with Gasteiger partial charge in [0.1, 0.15) is 5.82 Å². The Balaban J connectivity index is 1.63. The fourth-order valence-electron chi connectivity index (χ4n) is 2.79. The Morgan fingerprint density at radius 3 is 2.83 bits per heavy atom. The topological polar surface area (TPSA) is 48.5 Å². The minimum absolute atomic E-state index is 0.0607. The van der Waals surface area contributed by atoms with E-state index >= 15 is 0 Å². The van der Waals surface area contributed by atoms with E-state index in [1.54, 1.807) is 6.07 Å². The number of nitrogens with one attached hydrogen (secondary N) is 1. The van der Waals surface area contributed by atoms with Crippen molar-refractivity contribution < 1.29 is 9.18 Å². The molecule has 0 bridgehead atoms. The van der Waals surface area contributed by atoms with Gasteiger partial charge < -0.3 is 10.2 Å². The molecule has 1 aromatic heterocycles. The minimum atomic E-state index is -0.291. The normalized spacial score (nSPS) is 18.2. The first-order valence-corrected chi connectivity index (χ1v) is 8.72. The maximum absolute atomic E-state index is 13.2. The van der Waals surface area contributed by atoms with Crippen LogP contribution in [-0.2, 0) is 4.79 Å². The van der Waals surface area contributed by atoms with Gasteiger partial charge in [0.05, 0.1) is 16.3 Å². The number of halogens is 1. The van der Waals surface area contributed by atoms with Crippen molar-refractivity contribution in [3.05, 3.63) is 24.0 Å². The molecule has 1 unspecified atom stereocenters. The van der Waals surface area contributed by atoms with Crippen LogP contribution in [0.4, 0.5) is 9.52 Å². The maximum Gasteiger partial charge on any atom is 0.243 e. The Labute approximate surface area is 139 Å². The SMILES string of the molecule is CCN1CCN(C(C)C(=O)Nc2nc3ccc(F)cc3s2)CC1. The third kappa shape index (κ3) is 3.68. The van der Waals surface area contributed by atoms with E-state index in [0.29, 0.717) is 10.6 Å². The molecule has 5 nitrogen and oxygen atoms in total. The van der Waals surface area contributed by atoms with Crippen molar-refractivity contribution in [2.24, 2.45) is 0 Å². The van der Waals surface area contributed by atoms with Crippen LogP contribution in [0.2, 0.25) is 0 Å². The lowest BCUT2D eigenvalue weighted by molar-refractivity contribution is -0.121. The number of nitrogens with zero attached hydrogens (tertiary/aromatic N) is 3. The molecule has 7 heteroatoms. The number of fused-ring (bicyclic) bond motifs is 1. The van der Waals surface area contributed by atoms with E-state index in [1.165, 1.54) is 23.5 Å². The number of aromatic nitrogens is 1. The minimum Gasteiger partial charge on any atom is -0.301 e. The molecule has 0 saturated carbocycles. The van der Waals surface area contributed by atoms with Crippen LogP contribution in [0.25, 0.3) is 10.2 Å². The number of amides is 1. The summed E-state index contributed by atoms with van der Waals surface area (Å²) in [6.07, 6.45) is 0. The number of thiazole rings is 1. The molecular formula is C16H21FN4OS. The van der Waals surface area contributed by atoms with Gasteiger partial charge in [-0.25, -0.2) is 9.37 Å². The molecule has 1 amide bonds. The van der Waals surface area contributed by atoms with Crippen molar-refractivity contribution in [3.8, 4) is 0 Å². The molecule has 3 rings (SSSR count). The molecule has 23 heavy (non-hydrogen) atoms. The number of carbonyl (C=O) groups is 1. The molecule has 0 radical (unpaired) electrons. The molecule has 2 heterocycles. The third-order valence-electron chi connectivity index (χ3n) is 4.36. The van der Waals surface area contributed by atoms with Crippen molar-refractivity contribution in [1.29, 1.82) is 0 Å². The molecule has 0 aliphatic carbocycles. The van der Waals surface area contributed by atoms with Gasteiger partial charge in [0.2, 0.25) is 5.91 Å². The molecular weight excluding hydrogens is 315 g/mol. The fraction of sp³-hybridized carbons (Fsp3) is 0.500. The Morgan fingerprint density at radius 1 is 1.39 bits per heavy atom. The molecule has 1 saturated heterocycles. The number of anilines is 1. The number of hydrogen-bond acceptors (Lipinski definition) is 5. The number of rotatable bonds is 4. The molecule has 1 aliphatic heterocycles. The van der Waals surface area contributed by atoms with Gasteiger partial charge in [-0.15, -0.1) is 0 Å². The van der Waals surface area contributed by atoms with Crippen LogP contribution in [0.5, 0.6) is 0 Å². The Hall–Kier alpha value is -1.57. The molecule has 1 atom stereocenters. The second-order valence-corrected chi connectivity index (χ2v) is 6.80. The largest absolute Gasteiger partial charge is 0.301 e. The van der Waals surface area contributed by atoms with Crippen molar-refractivity contribution in [3.63, 3.8) is 0 Å². The monoisotopic (exact) mass is 336 g/mol. The van der Waals surface area contributed by atoms with Crippen LogP contribution in [0.3, 0.4) is 0 Å².